The van der Waals surface area contributed by atoms with Crippen molar-refractivity contribution in [2.45, 2.75) is 97.2 Å². The third-order valence-corrected chi connectivity index (χ3v) is 7.35. The minimum atomic E-state index is -1.81. The van der Waals surface area contributed by atoms with Gasteiger partial charge in [0.15, 0.2) is 8.32 Å². The number of hydrogen-bond acceptors (Lipinski definition) is 2. The van der Waals surface area contributed by atoms with E-state index in [1.807, 2.05) is 0 Å². The maximum Gasteiger partial charge on any atom is 0.188 e. The van der Waals surface area contributed by atoms with E-state index in [4.69, 9.17) is 5.11 Å². The zero-order valence-electron chi connectivity index (χ0n) is 15.4. The summed E-state index contributed by atoms with van der Waals surface area (Å²) in [7, 11) is -1.81. The van der Waals surface area contributed by atoms with Crippen LogP contribution in [0.2, 0.25) is 18.1 Å². The molecule has 0 saturated heterocycles. The van der Waals surface area contributed by atoms with Gasteiger partial charge in [-0.25, -0.2) is 0 Å². The summed E-state index contributed by atoms with van der Waals surface area (Å²) < 4.78 is 0. The quantitative estimate of drug-likeness (QED) is 0.541. The van der Waals surface area contributed by atoms with Crippen LogP contribution in [0.15, 0.2) is 0 Å². The minimum Gasteiger partial charge on any atom is -0.432 e. The molecule has 0 aromatic heterocycles. The van der Waals surface area contributed by atoms with Gasteiger partial charge in [-0.15, -0.1) is 0 Å². The maximum atomic E-state index is 10.5. The van der Waals surface area contributed by atoms with Gasteiger partial charge < -0.3 is 20.9 Å². The van der Waals surface area contributed by atoms with Crippen LogP contribution in [0, 0.1) is 0 Å². The third-order valence-electron chi connectivity index (χ3n) is 3.50. The van der Waals surface area contributed by atoms with E-state index in [9.17, 15) is 4.80 Å². The number of rotatable bonds is 11. The second kappa shape index (κ2) is 26.7. The van der Waals surface area contributed by atoms with Crippen molar-refractivity contribution in [3.05, 3.63) is 0 Å². The standard InChI is InChI=1S/C12H28OSi.C4H10O.2H2O.Ti/c1-4-7-10-14(13,11-8-5-2)12-9-6-3;1-2-3-4-5;;;/h13H,4-12H2,1-3H3;5H,2-4H2,1H3;2*1H2;. The molecule has 4 nitrogen and oxygen atoms in total. The molecule has 138 valence electrons. The predicted molar refractivity (Wildman–Crippen MR) is 96.3 cm³/mol. The van der Waals surface area contributed by atoms with Crippen molar-refractivity contribution in [2.75, 3.05) is 6.61 Å². The summed E-state index contributed by atoms with van der Waals surface area (Å²) in [4.78, 5) is 10.5. The molecule has 0 aliphatic carbocycles. The maximum absolute atomic E-state index is 10.5. The van der Waals surface area contributed by atoms with Crippen LogP contribution in [0.1, 0.15) is 79.1 Å². The van der Waals surface area contributed by atoms with Gasteiger partial charge in [0.05, 0.1) is 0 Å². The van der Waals surface area contributed by atoms with E-state index in [1.54, 1.807) is 0 Å². The second-order valence-electron chi connectivity index (χ2n) is 5.61. The van der Waals surface area contributed by atoms with Crippen molar-refractivity contribution >= 4 is 8.32 Å². The Balaban J connectivity index is -0.000000105. The molecule has 0 aliphatic rings. The van der Waals surface area contributed by atoms with E-state index in [0.717, 1.165) is 31.0 Å². The second-order valence-corrected chi connectivity index (χ2v) is 9.56. The molecule has 0 rings (SSSR count). The summed E-state index contributed by atoms with van der Waals surface area (Å²) >= 11 is 0. The first-order chi connectivity index (χ1) is 9.10. The topological polar surface area (TPSA) is 103 Å². The van der Waals surface area contributed by atoms with Gasteiger partial charge in [-0.2, -0.15) is 0 Å². The Morgan fingerprint density at radius 1 is 0.636 bits per heavy atom. The predicted octanol–water partition coefficient (Wildman–Crippen LogP) is 3.45. The zero-order valence-corrected chi connectivity index (χ0v) is 17.9. The molecule has 22 heavy (non-hydrogen) atoms. The molecule has 0 spiro atoms. The van der Waals surface area contributed by atoms with Gasteiger partial charge in [-0.3, -0.25) is 0 Å². The first-order valence-corrected chi connectivity index (χ1v) is 11.0. The first kappa shape index (κ1) is 34.2. The Labute approximate surface area is 154 Å². The summed E-state index contributed by atoms with van der Waals surface area (Å²) in [5.74, 6) is 0. The Kier molecular flexibility index (Phi) is 41.4. The first-order valence-electron chi connectivity index (χ1n) is 8.43. The Morgan fingerprint density at radius 3 is 1.05 bits per heavy atom. The average Bonchev–Trinajstić information content (AvgIpc) is 2.42. The van der Waals surface area contributed by atoms with E-state index >= 15 is 0 Å². The van der Waals surface area contributed by atoms with E-state index in [1.165, 1.54) is 38.5 Å². The molecule has 0 radical (unpaired) electrons. The molecule has 0 heterocycles. The zero-order chi connectivity index (χ0) is 15.0. The van der Waals surface area contributed by atoms with Gasteiger partial charge >= 0.3 is 0 Å². The molecular formula is C16H42O4SiTi. The van der Waals surface area contributed by atoms with Gasteiger partial charge in [0.25, 0.3) is 0 Å². The van der Waals surface area contributed by atoms with Crippen LogP contribution in [0.25, 0.3) is 0 Å². The molecular weight excluding hydrogens is 332 g/mol. The molecule has 0 amide bonds. The van der Waals surface area contributed by atoms with Crippen LogP contribution < -0.4 is 0 Å². The van der Waals surface area contributed by atoms with Crippen LogP contribution in [0.3, 0.4) is 0 Å². The van der Waals surface area contributed by atoms with Crippen molar-refractivity contribution in [3.8, 4) is 0 Å². The minimum absolute atomic E-state index is 0. The summed E-state index contributed by atoms with van der Waals surface area (Å²) in [5, 5.41) is 8.07. The third kappa shape index (κ3) is 25.7. The molecule has 0 aliphatic heterocycles. The van der Waals surface area contributed by atoms with Crippen LogP contribution in [-0.4, -0.2) is 35.8 Å². The van der Waals surface area contributed by atoms with E-state index < -0.39 is 8.32 Å². The Bertz CT molecular complexity index is 150. The fourth-order valence-electron chi connectivity index (χ4n) is 2.05. The smallest absolute Gasteiger partial charge is 0.188 e. The monoisotopic (exact) mass is 374 g/mol. The molecule has 6 N–H and O–H groups in total. The average molecular weight is 374 g/mol. The number of hydrogen-bond donors (Lipinski definition) is 2. The SMILES string of the molecule is CCCCO.CCCC[Si](O)(CCCC)CCCC.O.O.[Ti]. The van der Waals surface area contributed by atoms with Gasteiger partial charge in [-0.1, -0.05) is 72.6 Å². The molecule has 0 atom stereocenters. The van der Waals surface area contributed by atoms with E-state index in [0.29, 0.717) is 6.61 Å². The summed E-state index contributed by atoms with van der Waals surface area (Å²) in [6, 6.07) is 3.43. The molecule has 0 fully saturated rings. The van der Waals surface area contributed by atoms with Crippen LogP contribution in [0.5, 0.6) is 0 Å². The summed E-state index contributed by atoms with van der Waals surface area (Å²) in [6.07, 6.45) is 9.42. The Morgan fingerprint density at radius 2 is 0.909 bits per heavy atom. The van der Waals surface area contributed by atoms with E-state index in [2.05, 4.69) is 27.7 Å². The fourth-order valence-corrected chi connectivity index (χ4v) is 5.84. The van der Waals surface area contributed by atoms with Gasteiger partial charge in [0.1, 0.15) is 0 Å². The molecule has 0 aromatic rings. The molecule has 0 saturated carbocycles. The molecule has 6 heteroatoms. The number of aliphatic hydroxyl groups excluding tert-OH is 1. The molecule has 0 bridgehead atoms. The summed E-state index contributed by atoms with van der Waals surface area (Å²) in [5.41, 5.74) is 0. The largest absolute Gasteiger partial charge is 0.432 e. The van der Waals surface area contributed by atoms with Crippen molar-refractivity contribution in [2.24, 2.45) is 0 Å². The number of aliphatic hydroxyl groups is 1. The van der Waals surface area contributed by atoms with Gasteiger partial charge in [0.2, 0.25) is 0 Å². The number of unbranched alkanes of at least 4 members (excludes halogenated alkanes) is 4. The van der Waals surface area contributed by atoms with Gasteiger partial charge in [0, 0.05) is 28.3 Å². The van der Waals surface area contributed by atoms with Crippen molar-refractivity contribution in [1.82, 2.24) is 0 Å². The Hall–Kier alpha value is 0.771. The van der Waals surface area contributed by atoms with Crippen molar-refractivity contribution < 1.29 is 42.6 Å². The fraction of sp³-hybridized carbons (Fsp3) is 1.00. The van der Waals surface area contributed by atoms with E-state index in [-0.39, 0.29) is 32.7 Å². The van der Waals surface area contributed by atoms with Crippen LogP contribution >= 0.6 is 0 Å². The van der Waals surface area contributed by atoms with Crippen molar-refractivity contribution in [3.63, 3.8) is 0 Å². The van der Waals surface area contributed by atoms with Gasteiger partial charge in [-0.05, 0) is 24.6 Å². The van der Waals surface area contributed by atoms with Crippen molar-refractivity contribution in [1.29, 1.82) is 0 Å². The molecule has 0 unspecified atom stereocenters. The normalized spacial score (nSPS) is 9.55. The van der Waals surface area contributed by atoms with Crippen LogP contribution in [0.4, 0.5) is 0 Å². The summed E-state index contributed by atoms with van der Waals surface area (Å²) in [6.45, 7) is 9.05. The van der Waals surface area contributed by atoms with Crippen LogP contribution in [-0.2, 0) is 21.7 Å². The molecule has 0 aromatic carbocycles.